The van der Waals surface area contributed by atoms with Crippen molar-refractivity contribution in [3.8, 4) is 11.9 Å². The molecule has 0 spiro atoms. The van der Waals surface area contributed by atoms with Crippen molar-refractivity contribution in [2.45, 2.75) is 37.6 Å². The van der Waals surface area contributed by atoms with Crippen LogP contribution in [0.15, 0.2) is 34.9 Å². The van der Waals surface area contributed by atoms with Gasteiger partial charge in [-0.25, -0.2) is 4.39 Å². The Morgan fingerprint density at radius 2 is 1.97 bits per heavy atom. The van der Waals surface area contributed by atoms with Gasteiger partial charge in [0.2, 0.25) is 5.88 Å². The molecule has 2 saturated heterocycles. The lowest BCUT2D eigenvalue weighted by Crippen LogP contribution is -2.43. The Morgan fingerprint density at radius 3 is 2.79 bits per heavy atom. The Bertz CT molecular complexity index is 1370. The molecule has 4 aromatic rings. The maximum absolute atomic E-state index is 14.2. The van der Waals surface area contributed by atoms with Crippen molar-refractivity contribution in [2.75, 3.05) is 19.7 Å². The number of halogens is 2. The summed E-state index contributed by atoms with van der Waals surface area (Å²) in [6.45, 7) is 2.13. The number of aryl methyl sites for hydroxylation is 2. The Balaban J connectivity index is 1.40. The Morgan fingerprint density at radius 1 is 1.15 bits per heavy atom. The lowest BCUT2D eigenvalue weighted by Gasteiger charge is -2.30. The van der Waals surface area contributed by atoms with E-state index in [2.05, 4.69) is 30.9 Å². The van der Waals surface area contributed by atoms with Gasteiger partial charge in [0.25, 0.3) is 0 Å². The number of benzene rings is 1. The van der Waals surface area contributed by atoms with E-state index in [0.717, 1.165) is 46.0 Å². The highest BCUT2D eigenvalue weighted by Crippen LogP contribution is 2.41. The Hall–Kier alpha value is -2.72. The number of nitrogens with zero attached hydrogens (tertiary/aromatic N) is 6. The summed E-state index contributed by atoms with van der Waals surface area (Å²) in [7, 11) is 3.83. The van der Waals surface area contributed by atoms with Crippen molar-refractivity contribution < 1.29 is 13.9 Å². The Labute approximate surface area is 204 Å². The van der Waals surface area contributed by atoms with Crippen LogP contribution in [0.25, 0.3) is 22.1 Å². The fourth-order valence-corrected chi connectivity index (χ4v) is 6.26. The number of fused-ring (bicyclic) bond motifs is 4. The van der Waals surface area contributed by atoms with Gasteiger partial charge in [0, 0.05) is 27.1 Å². The zero-order valence-corrected chi connectivity index (χ0v) is 20.8. The fourth-order valence-electron chi connectivity index (χ4n) is 5.57. The van der Waals surface area contributed by atoms with E-state index in [1.165, 1.54) is 0 Å². The molecule has 0 bridgehead atoms. The van der Waals surface area contributed by atoms with Crippen LogP contribution in [-0.2, 0) is 20.7 Å². The van der Waals surface area contributed by atoms with E-state index >= 15 is 0 Å². The van der Waals surface area contributed by atoms with E-state index < -0.39 is 6.17 Å². The van der Waals surface area contributed by atoms with Gasteiger partial charge in [-0.05, 0) is 40.9 Å². The lowest BCUT2D eigenvalue weighted by atomic mass is 9.95. The topological polar surface area (TPSA) is 70.2 Å². The summed E-state index contributed by atoms with van der Waals surface area (Å²) in [5.74, 6) is 0.445. The van der Waals surface area contributed by atoms with E-state index in [4.69, 9.17) is 14.5 Å². The van der Waals surface area contributed by atoms with Crippen molar-refractivity contribution in [1.29, 1.82) is 0 Å². The van der Waals surface area contributed by atoms with Gasteiger partial charge < -0.3 is 14.0 Å². The molecule has 0 N–H and O–H groups in total. The molecule has 34 heavy (non-hydrogen) atoms. The standard InChI is InChI=1S/C24H26BrFN6O2/c1-30-19-18(31(2)29-20(19)25)17-21(30)27-23(28-22(17)33-13-15-7-4-3-5-8-15)34-14-24-9-6-10-32(24)12-16(26)11-24/h3-5,7-8,16H,6,9-14H2,1-2H3/t16-,24+/m1/s1. The first-order chi connectivity index (χ1) is 16.4. The van der Waals surface area contributed by atoms with Crippen molar-refractivity contribution in [3.63, 3.8) is 0 Å². The van der Waals surface area contributed by atoms with Crippen molar-refractivity contribution >= 4 is 38.0 Å². The van der Waals surface area contributed by atoms with Crippen molar-refractivity contribution in [1.82, 2.24) is 29.2 Å². The average Bonchev–Trinajstić information content (AvgIpc) is 3.52. The second-order valence-corrected chi connectivity index (χ2v) is 10.1. The zero-order valence-electron chi connectivity index (χ0n) is 19.2. The number of ether oxygens (including phenoxy) is 2. The summed E-state index contributed by atoms with van der Waals surface area (Å²) in [5.41, 5.74) is 3.26. The molecule has 0 unspecified atom stereocenters. The number of hydrogen-bond acceptors (Lipinski definition) is 6. The third-order valence-corrected chi connectivity index (χ3v) is 7.69. The SMILES string of the molecule is Cn1nc(Br)c2c1c1c(OCc3ccccc3)nc(OC[C@@]34CCCN3C[C@H](F)C4)nc1n2C. The highest BCUT2D eigenvalue weighted by atomic mass is 79.9. The van der Waals surface area contributed by atoms with Crippen LogP contribution in [0.5, 0.6) is 11.9 Å². The van der Waals surface area contributed by atoms with Gasteiger partial charge in [0.15, 0.2) is 10.3 Å². The second kappa shape index (κ2) is 8.20. The minimum Gasteiger partial charge on any atom is -0.472 e. The molecule has 6 rings (SSSR count). The van der Waals surface area contributed by atoms with E-state index in [1.807, 2.05) is 49.0 Å². The molecule has 0 saturated carbocycles. The first-order valence-corrected chi connectivity index (χ1v) is 12.3. The summed E-state index contributed by atoms with van der Waals surface area (Å²) >= 11 is 3.56. The molecular formula is C24H26BrFN6O2. The van der Waals surface area contributed by atoms with Crippen LogP contribution >= 0.6 is 15.9 Å². The average molecular weight is 529 g/mol. The zero-order chi connectivity index (χ0) is 23.4. The quantitative estimate of drug-likeness (QED) is 0.374. The first-order valence-electron chi connectivity index (χ1n) is 11.5. The van der Waals surface area contributed by atoms with Gasteiger partial charge in [-0.3, -0.25) is 9.58 Å². The molecular weight excluding hydrogens is 503 g/mol. The van der Waals surface area contributed by atoms with Crippen LogP contribution < -0.4 is 9.47 Å². The van der Waals surface area contributed by atoms with Crippen LogP contribution in [0, 0.1) is 0 Å². The van der Waals surface area contributed by atoms with Crippen molar-refractivity contribution in [3.05, 3.63) is 40.5 Å². The van der Waals surface area contributed by atoms with Gasteiger partial charge in [-0.2, -0.15) is 15.1 Å². The molecule has 5 heterocycles. The van der Waals surface area contributed by atoms with E-state index in [-0.39, 0.29) is 11.5 Å². The summed E-state index contributed by atoms with van der Waals surface area (Å²) < 4.78 is 31.1. The lowest BCUT2D eigenvalue weighted by molar-refractivity contribution is 0.106. The molecule has 3 aromatic heterocycles. The van der Waals surface area contributed by atoms with Gasteiger partial charge in [-0.1, -0.05) is 30.3 Å². The molecule has 8 nitrogen and oxygen atoms in total. The second-order valence-electron chi connectivity index (χ2n) is 9.32. The summed E-state index contributed by atoms with van der Waals surface area (Å²) in [4.78, 5) is 11.7. The summed E-state index contributed by atoms with van der Waals surface area (Å²) in [5, 5.41) is 5.29. The normalized spacial score (nSPS) is 22.6. The van der Waals surface area contributed by atoms with Crippen molar-refractivity contribution in [2.24, 2.45) is 14.1 Å². The smallest absolute Gasteiger partial charge is 0.321 e. The molecule has 0 amide bonds. The minimum absolute atomic E-state index is 0.245. The molecule has 0 aliphatic carbocycles. The molecule has 10 heteroatoms. The maximum Gasteiger partial charge on any atom is 0.321 e. The monoisotopic (exact) mass is 528 g/mol. The third-order valence-electron chi connectivity index (χ3n) is 7.16. The van der Waals surface area contributed by atoms with Gasteiger partial charge in [0.05, 0.1) is 5.54 Å². The van der Waals surface area contributed by atoms with E-state index in [0.29, 0.717) is 37.7 Å². The van der Waals surface area contributed by atoms with Crippen LogP contribution in [0.2, 0.25) is 0 Å². The number of rotatable bonds is 6. The highest BCUT2D eigenvalue weighted by Gasteiger charge is 2.49. The Kier molecular flexibility index (Phi) is 5.25. The van der Waals surface area contributed by atoms with E-state index in [9.17, 15) is 4.39 Å². The molecule has 0 radical (unpaired) electrons. The van der Waals surface area contributed by atoms with Crippen LogP contribution in [0.1, 0.15) is 24.8 Å². The molecule has 1 aromatic carbocycles. The molecule has 2 fully saturated rings. The minimum atomic E-state index is -0.805. The fraction of sp³-hybridized carbons (Fsp3) is 0.458. The van der Waals surface area contributed by atoms with Gasteiger partial charge in [-0.15, -0.1) is 0 Å². The van der Waals surface area contributed by atoms with Gasteiger partial charge in [0.1, 0.15) is 35.8 Å². The van der Waals surface area contributed by atoms with E-state index in [1.54, 1.807) is 4.68 Å². The molecule has 2 atom stereocenters. The molecule has 2 aliphatic heterocycles. The van der Waals surface area contributed by atoms with Crippen LogP contribution in [-0.4, -0.2) is 60.6 Å². The number of hydrogen-bond donors (Lipinski definition) is 0. The molecule has 2 aliphatic rings. The largest absolute Gasteiger partial charge is 0.472 e. The third kappa shape index (κ3) is 3.46. The van der Waals surface area contributed by atoms with Crippen LogP contribution in [0.4, 0.5) is 4.39 Å². The molecule has 178 valence electrons. The highest BCUT2D eigenvalue weighted by molar-refractivity contribution is 9.10. The first kappa shape index (κ1) is 21.8. The summed E-state index contributed by atoms with van der Waals surface area (Å²) in [6.07, 6.45) is 1.69. The predicted octanol–water partition coefficient (Wildman–Crippen LogP) is 4.15. The summed E-state index contributed by atoms with van der Waals surface area (Å²) in [6, 6.07) is 10.2. The van der Waals surface area contributed by atoms with Crippen LogP contribution in [0.3, 0.4) is 0 Å². The maximum atomic E-state index is 14.2. The van der Waals surface area contributed by atoms with Gasteiger partial charge >= 0.3 is 6.01 Å². The predicted molar refractivity (Wildman–Crippen MR) is 130 cm³/mol. The number of alkyl halides is 1. The number of aromatic nitrogens is 5.